The number of nitrogens with one attached hydrogen (secondary N) is 1. The summed E-state index contributed by atoms with van der Waals surface area (Å²) in [4.78, 5) is 12.0. The van der Waals surface area contributed by atoms with E-state index in [1.807, 2.05) is 0 Å². The molecule has 1 fully saturated rings. The van der Waals surface area contributed by atoms with Crippen molar-refractivity contribution in [1.29, 1.82) is 0 Å². The van der Waals surface area contributed by atoms with Crippen molar-refractivity contribution in [3.05, 3.63) is 33.8 Å². The van der Waals surface area contributed by atoms with E-state index < -0.39 is 35.3 Å². The van der Waals surface area contributed by atoms with Crippen molar-refractivity contribution in [2.45, 2.75) is 44.2 Å². The first-order valence-corrected chi connectivity index (χ1v) is 7.42. The number of amides is 1. The van der Waals surface area contributed by atoms with Gasteiger partial charge in [-0.2, -0.15) is 0 Å². The van der Waals surface area contributed by atoms with E-state index in [-0.39, 0.29) is 4.47 Å². The Morgan fingerprint density at radius 3 is 2.45 bits per heavy atom. The van der Waals surface area contributed by atoms with Gasteiger partial charge in [0.1, 0.15) is 17.2 Å². The Morgan fingerprint density at radius 2 is 1.80 bits per heavy atom. The average molecular weight is 348 g/mol. The molecule has 6 heteroatoms. The summed E-state index contributed by atoms with van der Waals surface area (Å²) in [5.74, 6) is -2.66. The topological polar surface area (TPSA) is 49.3 Å². The second-order valence-electron chi connectivity index (χ2n) is 5.03. The standard InChI is InChI=1S/C14H16BrF2NO2/c15-8-6-9(16)13(10(17)7-8)14(20)18-11-4-2-1-3-5-12(11)19/h6-7,11-12,19H,1-5H2,(H,18,20). The first kappa shape index (κ1) is 15.4. The Labute approximate surface area is 124 Å². The first-order valence-electron chi connectivity index (χ1n) is 6.62. The highest BCUT2D eigenvalue weighted by Crippen LogP contribution is 2.21. The monoisotopic (exact) mass is 347 g/mol. The molecule has 1 amide bonds. The van der Waals surface area contributed by atoms with Crippen LogP contribution < -0.4 is 5.32 Å². The van der Waals surface area contributed by atoms with E-state index in [9.17, 15) is 18.7 Å². The van der Waals surface area contributed by atoms with Gasteiger partial charge in [-0.3, -0.25) is 4.79 Å². The van der Waals surface area contributed by atoms with Gasteiger partial charge in [0.25, 0.3) is 5.91 Å². The van der Waals surface area contributed by atoms with Crippen LogP contribution in [0.2, 0.25) is 0 Å². The third-order valence-corrected chi connectivity index (χ3v) is 3.99. The number of aliphatic hydroxyl groups excluding tert-OH is 1. The minimum absolute atomic E-state index is 0.235. The first-order chi connectivity index (χ1) is 9.49. The summed E-state index contributed by atoms with van der Waals surface area (Å²) in [5, 5.41) is 12.5. The molecule has 0 saturated heterocycles. The highest BCUT2D eigenvalue weighted by Gasteiger charge is 2.26. The summed E-state index contributed by atoms with van der Waals surface area (Å²) in [5.41, 5.74) is -0.607. The predicted molar refractivity (Wildman–Crippen MR) is 74.4 cm³/mol. The fourth-order valence-electron chi connectivity index (χ4n) is 2.46. The summed E-state index contributed by atoms with van der Waals surface area (Å²) in [6.45, 7) is 0. The van der Waals surface area contributed by atoms with Crippen molar-refractivity contribution in [2.24, 2.45) is 0 Å². The second-order valence-corrected chi connectivity index (χ2v) is 5.95. The van der Waals surface area contributed by atoms with Crippen LogP contribution in [0.5, 0.6) is 0 Å². The van der Waals surface area contributed by atoms with Gasteiger partial charge in [-0.15, -0.1) is 0 Å². The van der Waals surface area contributed by atoms with Gasteiger partial charge in [0.05, 0.1) is 12.1 Å². The summed E-state index contributed by atoms with van der Waals surface area (Å²) < 4.78 is 27.6. The molecule has 1 saturated carbocycles. The molecule has 1 aromatic carbocycles. The van der Waals surface area contributed by atoms with Gasteiger partial charge < -0.3 is 10.4 Å². The van der Waals surface area contributed by atoms with E-state index in [1.54, 1.807) is 0 Å². The molecule has 20 heavy (non-hydrogen) atoms. The number of aliphatic hydroxyl groups is 1. The molecular formula is C14H16BrF2NO2. The molecule has 0 aromatic heterocycles. The maximum Gasteiger partial charge on any atom is 0.257 e. The zero-order chi connectivity index (χ0) is 14.7. The van der Waals surface area contributed by atoms with Crippen LogP contribution >= 0.6 is 15.9 Å². The number of halogens is 3. The van der Waals surface area contributed by atoms with Gasteiger partial charge >= 0.3 is 0 Å². The minimum atomic E-state index is -0.919. The molecule has 1 aromatic rings. The summed E-state index contributed by atoms with van der Waals surface area (Å²) in [6.07, 6.45) is 3.32. The van der Waals surface area contributed by atoms with Crippen LogP contribution in [0.1, 0.15) is 42.5 Å². The Bertz CT molecular complexity index is 487. The maximum absolute atomic E-state index is 13.7. The quantitative estimate of drug-likeness (QED) is 0.807. The predicted octanol–water partition coefficient (Wildman–Crippen LogP) is 3.15. The molecular weight excluding hydrogens is 332 g/mol. The van der Waals surface area contributed by atoms with Gasteiger partial charge in [0, 0.05) is 4.47 Å². The highest BCUT2D eigenvalue weighted by molar-refractivity contribution is 9.10. The molecule has 1 aliphatic carbocycles. The summed E-state index contributed by atoms with van der Waals surface area (Å²) in [7, 11) is 0. The van der Waals surface area contributed by atoms with E-state index in [4.69, 9.17) is 0 Å². The van der Waals surface area contributed by atoms with Crippen molar-refractivity contribution in [2.75, 3.05) is 0 Å². The fraction of sp³-hybridized carbons (Fsp3) is 0.500. The Balaban J connectivity index is 2.15. The third-order valence-electron chi connectivity index (χ3n) is 3.53. The van der Waals surface area contributed by atoms with Crippen molar-refractivity contribution in [1.82, 2.24) is 5.32 Å². The lowest BCUT2D eigenvalue weighted by atomic mass is 10.1. The molecule has 1 aliphatic rings. The molecule has 2 atom stereocenters. The number of hydrogen-bond donors (Lipinski definition) is 2. The van der Waals surface area contributed by atoms with Gasteiger partial charge in [-0.1, -0.05) is 35.2 Å². The Hall–Kier alpha value is -1.01. The van der Waals surface area contributed by atoms with Crippen molar-refractivity contribution >= 4 is 21.8 Å². The van der Waals surface area contributed by atoms with E-state index in [0.717, 1.165) is 31.4 Å². The number of rotatable bonds is 2. The van der Waals surface area contributed by atoms with E-state index in [2.05, 4.69) is 21.2 Å². The van der Waals surface area contributed by atoms with Crippen molar-refractivity contribution in [3.63, 3.8) is 0 Å². The lowest BCUT2D eigenvalue weighted by molar-refractivity contribution is 0.0811. The number of benzene rings is 1. The SMILES string of the molecule is O=C(NC1CCCCCC1O)c1c(F)cc(Br)cc1F. The summed E-state index contributed by atoms with van der Waals surface area (Å²) >= 11 is 2.96. The molecule has 110 valence electrons. The van der Waals surface area contributed by atoms with Crippen molar-refractivity contribution in [3.8, 4) is 0 Å². The minimum Gasteiger partial charge on any atom is -0.391 e. The van der Waals surface area contributed by atoms with Crippen molar-refractivity contribution < 1.29 is 18.7 Å². The highest BCUT2D eigenvalue weighted by atomic mass is 79.9. The smallest absolute Gasteiger partial charge is 0.257 e. The fourth-order valence-corrected chi connectivity index (χ4v) is 2.86. The van der Waals surface area contributed by atoms with Crippen LogP contribution in [-0.2, 0) is 0 Å². The van der Waals surface area contributed by atoms with E-state index >= 15 is 0 Å². The Morgan fingerprint density at radius 1 is 1.20 bits per heavy atom. The molecule has 0 bridgehead atoms. The lowest BCUT2D eigenvalue weighted by Gasteiger charge is -2.22. The lowest BCUT2D eigenvalue weighted by Crippen LogP contribution is -2.43. The number of carbonyl (C=O) groups is 1. The molecule has 2 N–H and O–H groups in total. The maximum atomic E-state index is 13.7. The molecule has 2 unspecified atom stereocenters. The van der Waals surface area contributed by atoms with Crippen LogP contribution in [0, 0.1) is 11.6 Å². The summed E-state index contributed by atoms with van der Waals surface area (Å²) in [6, 6.07) is 1.63. The number of hydrogen-bond acceptors (Lipinski definition) is 2. The van der Waals surface area contributed by atoms with Gasteiger partial charge in [-0.05, 0) is 25.0 Å². The normalized spacial score (nSPS) is 23.2. The molecule has 0 radical (unpaired) electrons. The largest absolute Gasteiger partial charge is 0.391 e. The van der Waals surface area contributed by atoms with Crippen LogP contribution in [0.4, 0.5) is 8.78 Å². The zero-order valence-corrected chi connectivity index (χ0v) is 12.4. The van der Waals surface area contributed by atoms with Crippen LogP contribution in [-0.4, -0.2) is 23.2 Å². The zero-order valence-electron chi connectivity index (χ0n) is 10.8. The Kier molecular flexibility index (Phi) is 5.10. The molecule has 2 rings (SSSR count). The average Bonchev–Trinajstić information content (AvgIpc) is 2.53. The van der Waals surface area contributed by atoms with E-state index in [0.29, 0.717) is 12.8 Å². The van der Waals surface area contributed by atoms with Gasteiger partial charge in [0.2, 0.25) is 0 Å². The van der Waals surface area contributed by atoms with Crippen LogP contribution in [0.15, 0.2) is 16.6 Å². The molecule has 0 heterocycles. The molecule has 3 nitrogen and oxygen atoms in total. The molecule has 0 aliphatic heterocycles. The number of carbonyl (C=O) groups excluding carboxylic acids is 1. The second kappa shape index (κ2) is 6.63. The molecule has 0 spiro atoms. The van der Waals surface area contributed by atoms with Crippen LogP contribution in [0.25, 0.3) is 0 Å². The van der Waals surface area contributed by atoms with E-state index in [1.165, 1.54) is 0 Å². The van der Waals surface area contributed by atoms with Crippen LogP contribution in [0.3, 0.4) is 0 Å². The third kappa shape index (κ3) is 3.55. The van der Waals surface area contributed by atoms with Gasteiger partial charge in [0.15, 0.2) is 0 Å². The van der Waals surface area contributed by atoms with Gasteiger partial charge in [-0.25, -0.2) is 8.78 Å².